The van der Waals surface area contributed by atoms with E-state index in [4.69, 9.17) is 21.1 Å². The molecular weight excluding hydrogens is 426 g/mol. The van der Waals surface area contributed by atoms with Gasteiger partial charge in [0, 0.05) is 17.6 Å². The molecule has 31 heavy (non-hydrogen) atoms. The number of esters is 2. The van der Waals surface area contributed by atoms with E-state index in [-0.39, 0.29) is 17.5 Å². The Bertz CT molecular complexity index is 949. The predicted molar refractivity (Wildman–Crippen MR) is 112 cm³/mol. The van der Waals surface area contributed by atoms with Crippen molar-refractivity contribution < 1.29 is 33.6 Å². The maximum atomic E-state index is 12.1. The van der Waals surface area contributed by atoms with Crippen molar-refractivity contribution in [1.29, 1.82) is 0 Å². The second kappa shape index (κ2) is 9.55. The van der Waals surface area contributed by atoms with E-state index in [2.05, 4.69) is 14.8 Å². The van der Waals surface area contributed by atoms with Crippen LogP contribution in [0.1, 0.15) is 24.2 Å². The Morgan fingerprint density at radius 1 is 1.10 bits per heavy atom. The Morgan fingerprint density at radius 3 is 2.42 bits per heavy atom. The first-order chi connectivity index (χ1) is 14.8. The lowest BCUT2D eigenvalue weighted by molar-refractivity contribution is -0.199. The number of aliphatic hydroxyl groups is 1. The highest BCUT2D eigenvalue weighted by Crippen LogP contribution is 2.41. The third kappa shape index (κ3) is 4.92. The predicted octanol–water partition coefficient (Wildman–Crippen LogP) is 2.41. The first-order valence-corrected chi connectivity index (χ1v) is 10.0. The van der Waals surface area contributed by atoms with Crippen molar-refractivity contribution in [1.82, 2.24) is 5.32 Å². The molecule has 0 aliphatic carbocycles. The Morgan fingerprint density at radius 2 is 1.77 bits per heavy atom. The number of fused-ring (bicyclic) bond motifs is 1. The van der Waals surface area contributed by atoms with Crippen LogP contribution in [0.5, 0.6) is 11.5 Å². The lowest BCUT2D eigenvalue weighted by Gasteiger charge is -2.21. The van der Waals surface area contributed by atoms with Crippen molar-refractivity contribution >= 4 is 23.5 Å². The van der Waals surface area contributed by atoms with Gasteiger partial charge in [0.05, 0.1) is 20.3 Å². The number of hydrogen-bond donors (Lipinski definition) is 2. The van der Waals surface area contributed by atoms with Crippen molar-refractivity contribution in [2.24, 2.45) is 0 Å². The Labute approximate surface area is 185 Å². The summed E-state index contributed by atoms with van der Waals surface area (Å²) in [6, 6.07) is 12.2. The molecule has 1 heterocycles. The fourth-order valence-electron chi connectivity index (χ4n) is 3.26. The van der Waals surface area contributed by atoms with Crippen LogP contribution in [-0.2, 0) is 25.5 Å². The second-order valence-corrected chi connectivity index (χ2v) is 7.61. The molecule has 0 bridgehead atoms. The Hall–Kier alpha value is -2.81. The molecular formula is C22H24ClNO7. The number of aliphatic hydroxyl groups excluding tert-OH is 1. The fourth-order valence-corrected chi connectivity index (χ4v) is 3.46. The number of carbonyl (C=O) groups is 2. The van der Waals surface area contributed by atoms with Crippen molar-refractivity contribution in [2.45, 2.75) is 31.3 Å². The summed E-state index contributed by atoms with van der Waals surface area (Å²) in [4.78, 5) is 24.3. The molecule has 0 aromatic heterocycles. The van der Waals surface area contributed by atoms with E-state index < -0.39 is 23.8 Å². The summed E-state index contributed by atoms with van der Waals surface area (Å²) in [7, 11) is 2.25. The number of rotatable bonds is 8. The number of ether oxygens (including phenoxy) is 4. The molecule has 3 rings (SSSR count). The number of nitrogens with one attached hydrogen (secondary N) is 1. The summed E-state index contributed by atoms with van der Waals surface area (Å²) >= 11 is 5.97. The zero-order chi connectivity index (χ0) is 22.6. The summed E-state index contributed by atoms with van der Waals surface area (Å²) < 4.78 is 20.3. The standard InChI is InChI=1S/C22H24ClNO7/c1-13(24-12-17(25)15-5-4-6-16(23)11-15)9-14-7-8-18-19(10-14)31-22(30-18,20(26)28-2)21(27)29-3/h4-8,10-11,13,17,24-25H,9,12H2,1-3H3/t13-,17+/m0/s1. The third-order valence-corrected chi connectivity index (χ3v) is 5.09. The largest absolute Gasteiger partial charge is 0.463 e. The number of methoxy groups -OCH3 is 2. The summed E-state index contributed by atoms with van der Waals surface area (Å²) in [6.07, 6.45) is -0.0962. The molecule has 0 unspecified atom stereocenters. The van der Waals surface area contributed by atoms with E-state index in [0.717, 1.165) is 25.3 Å². The molecule has 1 aliphatic heterocycles. The van der Waals surface area contributed by atoms with Gasteiger partial charge >= 0.3 is 17.7 Å². The van der Waals surface area contributed by atoms with Gasteiger partial charge < -0.3 is 29.4 Å². The van der Waals surface area contributed by atoms with Crippen LogP contribution in [0.3, 0.4) is 0 Å². The van der Waals surface area contributed by atoms with Gasteiger partial charge in [-0.05, 0) is 48.7 Å². The minimum atomic E-state index is -2.31. The highest BCUT2D eigenvalue weighted by Gasteiger charge is 2.59. The number of benzene rings is 2. The molecule has 0 saturated carbocycles. The highest BCUT2D eigenvalue weighted by atomic mass is 35.5. The fraction of sp³-hybridized carbons (Fsp3) is 0.364. The SMILES string of the molecule is COC(=O)C1(C(=O)OC)Oc2ccc(C[C@H](C)NC[C@@H](O)c3cccc(Cl)c3)cc2O1. The van der Waals surface area contributed by atoms with Gasteiger partial charge in [-0.1, -0.05) is 29.8 Å². The average molecular weight is 450 g/mol. The van der Waals surface area contributed by atoms with Crippen LogP contribution in [-0.4, -0.2) is 49.6 Å². The van der Waals surface area contributed by atoms with Crippen molar-refractivity contribution in [3.63, 3.8) is 0 Å². The second-order valence-electron chi connectivity index (χ2n) is 7.17. The molecule has 2 atom stereocenters. The van der Waals surface area contributed by atoms with Gasteiger partial charge in [0.25, 0.3) is 0 Å². The monoisotopic (exact) mass is 449 g/mol. The highest BCUT2D eigenvalue weighted by molar-refractivity contribution is 6.30. The van der Waals surface area contributed by atoms with E-state index in [9.17, 15) is 14.7 Å². The zero-order valence-electron chi connectivity index (χ0n) is 17.4. The minimum absolute atomic E-state index is 0.0141. The maximum absolute atomic E-state index is 12.1. The van der Waals surface area contributed by atoms with E-state index >= 15 is 0 Å². The summed E-state index contributed by atoms with van der Waals surface area (Å²) in [5, 5.41) is 14.2. The molecule has 9 heteroatoms. The molecule has 0 saturated heterocycles. The lowest BCUT2D eigenvalue weighted by Crippen LogP contribution is -2.55. The molecule has 2 N–H and O–H groups in total. The van der Waals surface area contributed by atoms with Crippen molar-refractivity contribution in [3.05, 3.63) is 58.6 Å². The van der Waals surface area contributed by atoms with Crippen LogP contribution in [0.25, 0.3) is 0 Å². The molecule has 0 fully saturated rings. The van der Waals surface area contributed by atoms with E-state index in [1.54, 1.807) is 36.4 Å². The summed E-state index contributed by atoms with van der Waals surface area (Å²) in [6.45, 7) is 2.32. The molecule has 2 aromatic rings. The topological polar surface area (TPSA) is 103 Å². The number of hydrogen-bond acceptors (Lipinski definition) is 8. The van der Waals surface area contributed by atoms with E-state index in [0.29, 0.717) is 18.0 Å². The third-order valence-electron chi connectivity index (χ3n) is 4.86. The molecule has 1 aliphatic rings. The lowest BCUT2D eigenvalue weighted by atomic mass is 10.1. The van der Waals surface area contributed by atoms with Gasteiger partial charge in [-0.2, -0.15) is 0 Å². The van der Waals surface area contributed by atoms with Gasteiger partial charge in [-0.25, -0.2) is 9.59 Å². The maximum Gasteiger partial charge on any atom is 0.453 e. The van der Waals surface area contributed by atoms with Gasteiger partial charge in [-0.15, -0.1) is 0 Å². The normalized spacial score (nSPS) is 15.8. The number of halogens is 1. The number of carbonyl (C=O) groups excluding carboxylic acids is 2. The van der Waals surface area contributed by atoms with Crippen LogP contribution in [0.4, 0.5) is 0 Å². The van der Waals surface area contributed by atoms with E-state index in [1.165, 1.54) is 0 Å². The quantitative estimate of drug-likeness (QED) is 0.468. The average Bonchev–Trinajstić information content (AvgIpc) is 3.16. The molecule has 0 amide bonds. The van der Waals surface area contributed by atoms with Crippen LogP contribution < -0.4 is 14.8 Å². The molecule has 0 radical (unpaired) electrons. The van der Waals surface area contributed by atoms with Crippen LogP contribution in [0.15, 0.2) is 42.5 Å². The Kier molecular flexibility index (Phi) is 7.04. The molecule has 166 valence electrons. The van der Waals surface area contributed by atoms with Crippen LogP contribution in [0.2, 0.25) is 5.02 Å². The Balaban J connectivity index is 1.63. The minimum Gasteiger partial charge on any atom is -0.463 e. The van der Waals surface area contributed by atoms with Gasteiger partial charge in [-0.3, -0.25) is 0 Å². The van der Waals surface area contributed by atoms with Gasteiger partial charge in [0.1, 0.15) is 0 Å². The summed E-state index contributed by atoms with van der Waals surface area (Å²) in [5.41, 5.74) is 1.61. The first-order valence-electron chi connectivity index (χ1n) is 9.63. The summed E-state index contributed by atoms with van der Waals surface area (Å²) in [5.74, 6) is -3.87. The molecule has 0 spiro atoms. The smallest absolute Gasteiger partial charge is 0.453 e. The van der Waals surface area contributed by atoms with Gasteiger partial charge in [0.15, 0.2) is 11.5 Å². The molecule has 8 nitrogen and oxygen atoms in total. The van der Waals surface area contributed by atoms with Crippen molar-refractivity contribution in [3.8, 4) is 11.5 Å². The first kappa shape index (κ1) is 22.9. The van der Waals surface area contributed by atoms with Crippen LogP contribution in [0, 0.1) is 0 Å². The van der Waals surface area contributed by atoms with E-state index in [1.807, 2.05) is 13.0 Å². The molecule has 2 aromatic carbocycles. The van der Waals surface area contributed by atoms with Crippen LogP contribution >= 0.6 is 11.6 Å². The van der Waals surface area contributed by atoms with Gasteiger partial charge in [0.2, 0.25) is 0 Å². The zero-order valence-corrected chi connectivity index (χ0v) is 18.1. The van der Waals surface area contributed by atoms with Crippen molar-refractivity contribution in [2.75, 3.05) is 20.8 Å².